The van der Waals surface area contributed by atoms with E-state index in [4.69, 9.17) is 11.6 Å². The molecule has 1 aliphatic rings. The van der Waals surface area contributed by atoms with Crippen molar-refractivity contribution >= 4 is 41.5 Å². The number of benzene rings is 1. The number of rotatable bonds is 4. The van der Waals surface area contributed by atoms with Gasteiger partial charge in [-0.15, -0.1) is 24.0 Å². The fourth-order valence-corrected chi connectivity index (χ4v) is 4.00. The summed E-state index contributed by atoms with van der Waals surface area (Å²) in [6, 6.07) is 8.06. The summed E-state index contributed by atoms with van der Waals surface area (Å²) in [4.78, 5) is 6.83. The van der Waals surface area contributed by atoms with Crippen molar-refractivity contribution < 1.29 is 0 Å². The molecular formula is C20H29ClIN5. The van der Waals surface area contributed by atoms with Gasteiger partial charge in [-0.2, -0.15) is 5.10 Å². The topological polar surface area (TPSA) is 45.5 Å². The first-order valence-electron chi connectivity index (χ1n) is 9.10. The van der Waals surface area contributed by atoms with E-state index in [1.54, 1.807) is 0 Å². The first kappa shape index (κ1) is 22.0. The summed E-state index contributed by atoms with van der Waals surface area (Å²) in [7, 11) is 3.82. The molecule has 1 unspecified atom stereocenters. The summed E-state index contributed by atoms with van der Waals surface area (Å²) in [5, 5.41) is 8.66. The van der Waals surface area contributed by atoms with Crippen molar-refractivity contribution in [3.05, 3.63) is 52.8 Å². The summed E-state index contributed by atoms with van der Waals surface area (Å²) < 4.78 is 1.87. The average Bonchev–Trinajstić information content (AvgIpc) is 3.25. The minimum absolute atomic E-state index is 0. The predicted octanol–water partition coefficient (Wildman–Crippen LogP) is 4.03. The highest BCUT2D eigenvalue weighted by Crippen LogP contribution is 2.30. The molecule has 0 aliphatic carbocycles. The molecule has 7 heteroatoms. The summed E-state index contributed by atoms with van der Waals surface area (Å²) in [6.45, 7) is 7.16. The fraction of sp³-hybridized carbons (Fsp3) is 0.500. The van der Waals surface area contributed by atoms with E-state index in [1.165, 1.54) is 5.56 Å². The Morgan fingerprint density at radius 1 is 1.37 bits per heavy atom. The first-order chi connectivity index (χ1) is 12.4. The molecule has 27 heavy (non-hydrogen) atoms. The minimum atomic E-state index is -0.0865. The Hall–Kier alpha value is -1.28. The second-order valence-corrected chi connectivity index (χ2v) is 8.05. The maximum absolute atomic E-state index is 6.40. The molecule has 1 aromatic heterocycles. The smallest absolute Gasteiger partial charge is 0.193 e. The lowest BCUT2D eigenvalue weighted by Gasteiger charge is -2.30. The summed E-state index contributed by atoms with van der Waals surface area (Å²) in [5.41, 5.74) is 2.37. The van der Waals surface area contributed by atoms with Crippen LogP contribution in [0.3, 0.4) is 0 Å². The number of nitrogens with one attached hydrogen (secondary N) is 1. The van der Waals surface area contributed by atoms with Gasteiger partial charge < -0.3 is 10.2 Å². The van der Waals surface area contributed by atoms with E-state index >= 15 is 0 Å². The van der Waals surface area contributed by atoms with Crippen LogP contribution in [-0.4, -0.2) is 47.3 Å². The predicted molar refractivity (Wildman–Crippen MR) is 123 cm³/mol. The third-order valence-electron chi connectivity index (χ3n) is 5.19. The van der Waals surface area contributed by atoms with Crippen LogP contribution >= 0.6 is 35.6 Å². The average molecular weight is 502 g/mol. The van der Waals surface area contributed by atoms with Crippen LogP contribution in [0, 0.1) is 0 Å². The van der Waals surface area contributed by atoms with E-state index < -0.39 is 0 Å². The van der Waals surface area contributed by atoms with E-state index in [0.29, 0.717) is 5.92 Å². The Morgan fingerprint density at radius 2 is 2.11 bits per heavy atom. The molecule has 148 valence electrons. The normalized spacial score (nSPS) is 17.7. The van der Waals surface area contributed by atoms with Crippen LogP contribution < -0.4 is 5.32 Å². The van der Waals surface area contributed by atoms with E-state index in [9.17, 15) is 0 Å². The van der Waals surface area contributed by atoms with Crippen molar-refractivity contribution in [1.29, 1.82) is 0 Å². The molecule has 1 atom stereocenters. The molecule has 3 rings (SSSR count). The van der Waals surface area contributed by atoms with Crippen LogP contribution in [0.15, 0.2) is 41.7 Å². The fourth-order valence-electron chi connectivity index (χ4n) is 3.61. The standard InChI is InChI=1S/C20H28ClN5.HI/c1-20(2,17-7-5-6-8-18(17)21)14-23-19(22-3)26-10-9-15(13-26)16-11-24-25(4)12-16;/h5-8,11-12,15H,9-10,13-14H2,1-4H3,(H,22,23);1H. The number of guanidine groups is 1. The van der Waals surface area contributed by atoms with Crippen LogP contribution in [0.2, 0.25) is 5.02 Å². The molecule has 5 nitrogen and oxygen atoms in total. The number of aliphatic imine (C=N–C) groups is 1. The van der Waals surface area contributed by atoms with Crippen LogP contribution in [0.1, 0.15) is 37.3 Å². The van der Waals surface area contributed by atoms with Gasteiger partial charge in [-0.05, 0) is 23.6 Å². The summed E-state index contributed by atoms with van der Waals surface area (Å²) in [5.74, 6) is 1.47. The molecule has 0 spiro atoms. The lowest BCUT2D eigenvalue weighted by atomic mass is 9.84. The lowest BCUT2D eigenvalue weighted by Crippen LogP contribution is -2.45. The van der Waals surface area contributed by atoms with Gasteiger partial charge in [0.2, 0.25) is 0 Å². The summed E-state index contributed by atoms with van der Waals surface area (Å²) >= 11 is 6.40. The highest BCUT2D eigenvalue weighted by Gasteiger charge is 2.29. The van der Waals surface area contributed by atoms with E-state index in [2.05, 4.69) is 46.4 Å². The number of aryl methyl sites for hydroxylation is 1. The van der Waals surface area contributed by atoms with Gasteiger partial charge in [-0.3, -0.25) is 9.67 Å². The largest absolute Gasteiger partial charge is 0.355 e. The van der Waals surface area contributed by atoms with Crippen molar-refractivity contribution in [1.82, 2.24) is 20.0 Å². The third kappa shape index (κ3) is 5.16. The number of nitrogens with zero attached hydrogens (tertiary/aromatic N) is 4. The zero-order valence-electron chi connectivity index (χ0n) is 16.4. The molecule has 1 aromatic carbocycles. The van der Waals surface area contributed by atoms with Crippen LogP contribution in [0.4, 0.5) is 0 Å². The zero-order valence-corrected chi connectivity index (χ0v) is 19.5. The SMILES string of the molecule is CN=C(NCC(C)(C)c1ccccc1Cl)N1CCC(c2cnn(C)c2)C1.I. The Bertz CT molecular complexity index is 786. The molecule has 1 aliphatic heterocycles. The van der Waals surface area contributed by atoms with E-state index in [-0.39, 0.29) is 29.4 Å². The molecule has 2 aromatic rings. The van der Waals surface area contributed by atoms with Gasteiger partial charge in [0.1, 0.15) is 0 Å². The van der Waals surface area contributed by atoms with Crippen LogP contribution in [-0.2, 0) is 12.5 Å². The van der Waals surface area contributed by atoms with Crippen molar-refractivity contribution in [2.45, 2.75) is 31.6 Å². The lowest BCUT2D eigenvalue weighted by molar-refractivity contribution is 0.454. The van der Waals surface area contributed by atoms with Gasteiger partial charge in [0.25, 0.3) is 0 Å². The molecule has 0 radical (unpaired) electrons. The zero-order chi connectivity index (χ0) is 18.7. The highest BCUT2D eigenvalue weighted by molar-refractivity contribution is 14.0. The van der Waals surface area contributed by atoms with Gasteiger partial charge >= 0.3 is 0 Å². The molecular weight excluding hydrogens is 473 g/mol. The Kier molecular flexibility index (Phi) is 7.56. The van der Waals surface area contributed by atoms with Gasteiger partial charge in [-0.25, -0.2) is 0 Å². The second-order valence-electron chi connectivity index (χ2n) is 7.64. The van der Waals surface area contributed by atoms with Crippen molar-refractivity contribution in [3.8, 4) is 0 Å². The van der Waals surface area contributed by atoms with Crippen LogP contribution in [0.25, 0.3) is 0 Å². The number of hydrogen-bond donors (Lipinski definition) is 1. The number of likely N-dealkylation sites (tertiary alicyclic amines) is 1. The quantitative estimate of drug-likeness (QED) is 0.391. The molecule has 0 saturated carbocycles. The number of aromatic nitrogens is 2. The maximum Gasteiger partial charge on any atom is 0.193 e. The Labute approximate surface area is 184 Å². The number of hydrogen-bond acceptors (Lipinski definition) is 2. The highest BCUT2D eigenvalue weighted by atomic mass is 127. The minimum Gasteiger partial charge on any atom is -0.355 e. The second kappa shape index (κ2) is 9.28. The Morgan fingerprint density at radius 3 is 2.74 bits per heavy atom. The third-order valence-corrected chi connectivity index (χ3v) is 5.52. The molecule has 1 N–H and O–H groups in total. The summed E-state index contributed by atoms with van der Waals surface area (Å²) in [6.07, 6.45) is 5.22. The van der Waals surface area contributed by atoms with Gasteiger partial charge in [0.15, 0.2) is 5.96 Å². The molecule has 1 saturated heterocycles. The van der Waals surface area contributed by atoms with E-state index in [1.807, 2.05) is 43.2 Å². The van der Waals surface area contributed by atoms with Crippen molar-refractivity contribution in [3.63, 3.8) is 0 Å². The monoisotopic (exact) mass is 501 g/mol. The maximum atomic E-state index is 6.40. The van der Waals surface area contributed by atoms with Crippen molar-refractivity contribution in [2.75, 3.05) is 26.7 Å². The van der Waals surface area contributed by atoms with Crippen molar-refractivity contribution in [2.24, 2.45) is 12.0 Å². The first-order valence-corrected chi connectivity index (χ1v) is 9.47. The van der Waals surface area contributed by atoms with E-state index in [0.717, 1.165) is 42.6 Å². The molecule has 2 heterocycles. The van der Waals surface area contributed by atoms with Gasteiger partial charge in [0.05, 0.1) is 6.20 Å². The van der Waals surface area contributed by atoms with Crippen LogP contribution in [0.5, 0.6) is 0 Å². The van der Waals surface area contributed by atoms with Gasteiger partial charge in [0, 0.05) is 56.3 Å². The van der Waals surface area contributed by atoms with Gasteiger partial charge in [-0.1, -0.05) is 43.6 Å². The number of halogens is 2. The Balaban J connectivity index is 0.00000261. The molecule has 0 amide bonds. The molecule has 1 fully saturated rings. The molecule has 0 bridgehead atoms.